The van der Waals surface area contributed by atoms with Crippen molar-refractivity contribution in [1.82, 2.24) is 9.88 Å². The number of aromatic nitrogens is 1. The second-order valence-electron chi connectivity index (χ2n) is 6.15. The number of carbonyl (C=O) groups excluding carboxylic acids is 1. The van der Waals surface area contributed by atoms with Gasteiger partial charge in [-0.2, -0.15) is 0 Å². The van der Waals surface area contributed by atoms with E-state index in [0.717, 1.165) is 42.9 Å². The lowest BCUT2D eigenvalue weighted by Crippen LogP contribution is -2.30. The summed E-state index contributed by atoms with van der Waals surface area (Å²) in [7, 11) is 0. The van der Waals surface area contributed by atoms with Crippen LogP contribution in [0.15, 0.2) is 42.7 Å². The van der Waals surface area contributed by atoms with Crippen molar-refractivity contribution in [2.45, 2.75) is 25.3 Å². The Morgan fingerprint density at radius 2 is 2.00 bits per heavy atom. The van der Waals surface area contributed by atoms with Crippen LogP contribution in [0.3, 0.4) is 0 Å². The molecule has 5 heteroatoms. The van der Waals surface area contributed by atoms with Crippen LogP contribution >= 0.6 is 0 Å². The Kier molecular flexibility index (Phi) is 4.07. The molecule has 0 saturated carbocycles. The third-order valence-corrected chi connectivity index (χ3v) is 4.58. The minimum absolute atomic E-state index is 0.0395. The maximum Gasteiger partial charge on any atom is 0.255 e. The van der Waals surface area contributed by atoms with E-state index in [0.29, 0.717) is 18.8 Å². The SMILES string of the molecule is O=C(c1cccnc1)N1CCCC1c1ccc2c(c1)OCCCO2. The average molecular weight is 324 g/mol. The summed E-state index contributed by atoms with van der Waals surface area (Å²) in [6.07, 6.45) is 6.17. The molecule has 1 unspecified atom stereocenters. The molecule has 2 aromatic rings. The quantitative estimate of drug-likeness (QED) is 0.851. The number of pyridine rings is 1. The van der Waals surface area contributed by atoms with Gasteiger partial charge in [0.25, 0.3) is 5.91 Å². The number of hydrogen-bond acceptors (Lipinski definition) is 4. The molecule has 3 heterocycles. The standard InChI is InChI=1S/C19H20N2O3/c22-19(15-4-1-8-20-13-15)21-9-2-5-16(21)14-6-7-17-18(12-14)24-11-3-10-23-17/h1,4,6-8,12-13,16H,2-3,5,9-11H2. The lowest BCUT2D eigenvalue weighted by Gasteiger charge is -2.25. The van der Waals surface area contributed by atoms with Crippen molar-refractivity contribution in [2.24, 2.45) is 0 Å². The van der Waals surface area contributed by atoms with Crippen LogP contribution in [0.1, 0.15) is 41.2 Å². The molecule has 0 spiro atoms. The molecule has 1 aromatic carbocycles. The summed E-state index contributed by atoms with van der Waals surface area (Å²) < 4.78 is 11.5. The van der Waals surface area contributed by atoms with E-state index in [1.165, 1.54) is 0 Å². The van der Waals surface area contributed by atoms with Gasteiger partial charge in [0.05, 0.1) is 24.8 Å². The molecule has 5 nitrogen and oxygen atoms in total. The van der Waals surface area contributed by atoms with Gasteiger partial charge < -0.3 is 14.4 Å². The molecule has 2 aliphatic heterocycles. The molecule has 0 bridgehead atoms. The molecule has 124 valence electrons. The molecule has 1 aromatic heterocycles. The van der Waals surface area contributed by atoms with Crippen molar-refractivity contribution in [1.29, 1.82) is 0 Å². The van der Waals surface area contributed by atoms with Gasteiger partial charge in [0.1, 0.15) is 0 Å². The van der Waals surface area contributed by atoms with Crippen molar-refractivity contribution in [3.63, 3.8) is 0 Å². The second kappa shape index (κ2) is 6.51. The van der Waals surface area contributed by atoms with Crippen molar-refractivity contribution < 1.29 is 14.3 Å². The largest absolute Gasteiger partial charge is 0.490 e. The Balaban J connectivity index is 1.61. The minimum Gasteiger partial charge on any atom is -0.490 e. The first-order valence-electron chi connectivity index (χ1n) is 8.43. The minimum atomic E-state index is 0.0395. The topological polar surface area (TPSA) is 51.7 Å². The highest BCUT2D eigenvalue weighted by Crippen LogP contribution is 2.38. The summed E-state index contributed by atoms with van der Waals surface area (Å²) in [5.41, 5.74) is 1.74. The van der Waals surface area contributed by atoms with Gasteiger partial charge in [-0.3, -0.25) is 9.78 Å². The Bertz CT molecular complexity index is 733. The highest BCUT2D eigenvalue weighted by molar-refractivity contribution is 5.94. The number of rotatable bonds is 2. The Labute approximate surface area is 141 Å². The number of carbonyl (C=O) groups is 1. The molecular formula is C19H20N2O3. The van der Waals surface area contributed by atoms with E-state index >= 15 is 0 Å². The van der Waals surface area contributed by atoms with Crippen LogP contribution in [-0.2, 0) is 0 Å². The predicted molar refractivity (Wildman–Crippen MR) is 89.3 cm³/mol. The van der Waals surface area contributed by atoms with E-state index in [1.54, 1.807) is 18.5 Å². The summed E-state index contributed by atoms with van der Waals surface area (Å²) in [6.45, 7) is 2.12. The Morgan fingerprint density at radius 1 is 1.12 bits per heavy atom. The molecule has 0 N–H and O–H groups in total. The van der Waals surface area contributed by atoms with Gasteiger partial charge in [0.2, 0.25) is 0 Å². The number of hydrogen-bond donors (Lipinski definition) is 0. The van der Waals surface area contributed by atoms with Crippen LogP contribution in [0.25, 0.3) is 0 Å². The second-order valence-corrected chi connectivity index (χ2v) is 6.15. The number of amides is 1. The summed E-state index contributed by atoms with van der Waals surface area (Å²) in [4.78, 5) is 18.8. The Hall–Kier alpha value is -2.56. The zero-order chi connectivity index (χ0) is 16.4. The third-order valence-electron chi connectivity index (χ3n) is 4.58. The van der Waals surface area contributed by atoms with Crippen molar-refractivity contribution in [2.75, 3.05) is 19.8 Å². The average Bonchev–Trinajstić information content (AvgIpc) is 3.00. The lowest BCUT2D eigenvalue weighted by molar-refractivity contribution is 0.0735. The van der Waals surface area contributed by atoms with Gasteiger partial charge in [-0.05, 0) is 42.7 Å². The number of benzene rings is 1. The van der Waals surface area contributed by atoms with Crippen LogP contribution in [-0.4, -0.2) is 35.5 Å². The van der Waals surface area contributed by atoms with Gasteiger partial charge in [0.15, 0.2) is 11.5 Å². The first-order chi connectivity index (χ1) is 11.8. The molecule has 4 rings (SSSR count). The van der Waals surface area contributed by atoms with Gasteiger partial charge in [0, 0.05) is 25.4 Å². The molecule has 24 heavy (non-hydrogen) atoms. The maximum absolute atomic E-state index is 12.8. The highest BCUT2D eigenvalue weighted by atomic mass is 16.5. The zero-order valence-corrected chi connectivity index (χ0v) is 13.5. The molecule has 1 saturated heterocycles. The molecular weight excluding hydrogens is 304 g/mol. The van der Waals surface area contributed by atoms with E-state index in [-0.39, 0.29) is 11.9 Å². The van der Waals surface area contributed by atoms with Gasteiger partial charge in [-0.15, -0.1) is 0 Å². The first kappa shape index (κ1) is 15.0. The fraction of sp³-hybridized carbons (Fsp3) is 0.368. The number of likely N-dealkylation sites (tertiary alicyclic amines) is 1. The molecule has 1 fully saturated rings. The fourth-order valence-corrected chi connectivity index (χ4v) is 3.40. The highest BCUT2D eigenvalue weighted by Gasteiger charge is 2.31. The third kappa shape index (κ3) is 2.82. The Morgan fingerprint density at radius 3 is 2.83 bits per heavy atom. The summed E-state index contributed by atoms with van der Waals surface area (Å²) >= 11 is 0. The number of fused-ring (bicyclic) bond motifs is 1. The smallest absolute Gasteiger partial charge is 0.255 e. The number of ether oxygens (including phenoxy) is 2. The van der Waals surface area contributed by atoms with Gasteiger partial charge in [-0.25, -0.2) is 0 Å². The summed E-state index contributed by atoms with van der Waals surface area (Å²) in [5.74, 6) is 1.61. The monoisotopic (exact) mass is 324 g/mol. The molecule has 1 atom stereocenters. The van der Waals surface area contributed by atoms with E-state index in [1.807, 2.05) is 29.2 Å². The van der Waals surface area contributed by atoms with Gasteiger partial charge in [-0.1, -0.05) is 6.07 Å². The maximum atomic E-state index is 12.8. The fourth-order valence-electron chi connectivity index (χ4n) is 3.40. The summed E-state index contributed by atoms with van der Waals surface area (Å²) in [5, 5.41) is 0. The van der Waals surface area contributed by atoms with E-state index in [2.05, 4.69) is 4.98 Å². The van der Waals surface area contributed by atoms with E-state index in [9.17, 15) is 4.79 Å². The van der Waals surface area contributed by atoms with Crippen molar-refractivity contribution in [3.8, 4) is 11.5 Å². The van der Waals surface area contributed by atoms with Gasteiger partial charge >= 0.3 is 0 Å². The molecule has 2 aliphatic rings. The van der Waals surface area contributed by atoms with E-state index < -0.39 is 0 Å². The van der Waals surface area contributed by atoms with Crippen LogP contribution in [0.5, 0.6) is 11.5 Å². The van der Waals surface area contributed by atoms with E-state index in [4.69, 9.17) is 9.47 Å². The van der Waals surface area contributed by atoms with Crippen molar-refractivity contribution >= 4 is 5.91 Å². The van der Waals surface area contributed by atoms with Crippen LogP contribution in [0.2, 0.25) is 0 Å². The van der Waals surface area contributed by atoms with Crippen LogP contribution in [0.4, 0.5) is 0 Å². The lowest BCUT2D eigenvalue weighted by atomic mass is 10.0. The number of nitrogens with zero attached hydrogens (tertiary/aromatic N) is 2. The predicted octanol–water partition coefficient (Wildman–Crippen LogP) is 3.22. The molecule has 0 aliphatic carbocycles. The van der Waals surface area contributed by atoms with Crippen molar-refractivity contribution in [3.05, 3.63) is 53.9 Å². The molecule has 1 amide bonds. The zero-order valence-electron chi connectivity index (χ0n) is 13.5. The molecule has 0 radical (unpaired) electrons. The normalized spacial score (nSPS) is 19.8. The summed E-state index contributed by atoms with van der Waals surface area (Å²) in [6, 6.07) is 9.73. The van der Waals surface area contributed by atoms with Crippen LogP contribution < -0.4 is 9.47 Å². The van der Waals surface area contributed by atoms with Crippen LogP contribution in [0, 0.1) is 0 Å². The first-order valence-corrected chi connectivity index (χ1v) is 8.43.